The molecular weight excluding hydrogens is 493 g/mol. The van der Waals surface area contributed by atoms with Crippen molar-refractivity contribution in [3.05, 3.63) is 61.7 Å². The first kappa shape index (κ1) is 23.3. The third-order valence-electron chi connectivity index (χ3n) is 5.56. The SMILES string of the molecule is Cn1c(=O)sc2cc(NC(=O)[C@H]3CCCN(S(=O)(=O)Cc4ccc(Cl)cc4Cl)C3)ccc21. The van der Waals surface area contributed by atoms with E-state index in [1.54, 1.807) is 41.9 Å². The molecule has 0 aliphatic carbocycles. The van der Waals surface area contributed by atoms with Gasteiger partial charge in [0.2, 0.25) is 15.9 Å². The Labute approximate surface area is 199 Å². The molecular formula is C21H21Cl2N3O4S2. The van der Waals surface area contributed by atoms with E-state index in [-0.39, 0.29) is 23.1 Å². The third-order valence-corrected chi connectivity index (χ3v) is 8.94. The van der Waals surface area contributed by atoms with Gasteiger partial charge in [-0.25, -0.2) is 12.7 Å². The zero-order valence-corrected chi connectivity index (χ0v) is 20.3. The monoisotopic (exact) mass is 513 g/mol. The van der Waals surface area contributed by atoms with Gasteiger partial charge in [0.05, 0.1) is 21.9 Å². The second-order valence-corrected chi connectivity index (χ2v) is 11.6. The number of piperidine rings is 1. The van der Waals surface area contributed by atoms with E-state index in [2.05, 4.69) is 5.32 Å². The maximum atomic E-state index is 13.0. The van der Waals surface area contributed by atoms with Crippen molar-refractivity contribution in [2.75, 3.05) is 18.4 Å². The summed E-state index contributed by atoms with van der Waals surface area (Å²) >= 11 is 13.2. The van der Waals surface area contributed by atoms with Gasteiger partial charge in [-0.3, -0.25) is 9.59 Å². The van der Waals surface area contributed by atoms with Gasteiger partial charge in [-0.05, 0) is 48.7 Å². The normalized spacial score (nSPS) is 17.5. The van der Waals surface area contributed by atoms with Crippen LogP contribution in [0.25, 0.3) is 10.2 Å². The summed E-state index contributed by atoms with van der Waals surface area (Å²) in [6.45, 7) is 0.474. The van der Waals surface area contributed by atoms with E-state index in [4.69, 9.17) is 23.2 Å². The molecule has 1 atom stereocenters. The highest BCUT2D eigenvalue weighted by atomic mass is 35.5. The summed E-state index contributed by atoms with van der Waals surface area (Å²) in [5.41, 5.74) is 1.85. The molecule has 4 rings (SSSR count). The number of carbonyl (C=O) groups is 1. The van der Waals surface area contributed by atoms with Crippen LogP contribution in [0.15, 0.2) is 41.2 Å². The number of sulfonamides is 1. The minimum Gasteiger partial charge on any atom is -0.326 e. The summed E-state index contributed by atoms with van der Waals surface area (Å²) in [5, 5.41) is 3.60. The van der Waals surface area contributed by atoms with Crippen LogP contribution in [0.2, 0.25) is 10.0 Å². The first-order valence-electron chi connectivity index (χ1n) is 9.96. The Kier molecular flexibility index (Phi) is 6.65. The molecule has 32 heavy (non-hydrogen) atoms. The number of thiazole rings is 1. The summed E-state index contributed by atoms with van der Waals surface area (Å²) in [4.78, 5) is 24.6. The Hall–Kier alpha value is -1.91. The molecule has 0 spiro atoms. The molecule has 7 nitrogen and oxygen atoms in total. The molecule has 2 heterocycles. The smallest absolute Gasteiger partial charge is 0.307 e. The fourth-order valence-corrected chi connectivity index (χ4v) is 6.91. The lowest BCUT2D eigenvalue weighted by molar-refractivity contribution is -0.120. The van der Waals surface area contributed by atoms with E-state index in [1.807, 2.05) is 0 Å². The van der Waals surface area contributed by atoms with Crippen molar-refractivity contribution >= 4 is 66.4 Å². The molecule has 2 aromatic carbocycles. The van der Waals surface area contributed by atoms with Gasteiger partial charge in [-0.1, -0.05) is 40.6 Å². The summed E-state index contributed by atoms with van der Waals surface area (Å²) in [7, 11) is -1.95. The number of benzene rings is 2. The largest absolute Gasteiger partial charge is 0.326 e. The van der Waals surface area contributed by atoms with Crippen LogP contribution in [0.3, 0.4) is 0 Å². The predicted octanol–water partition coefficient (Wildman–Crippen LogP) is 4.09. The van der Waals surface area contributed by atoms with E-state index in [9.17, 15) is 18.0 Å². The van der Waals surface area contributed by atoms with Crippen LogP contribution in [0.5, 0.6) is 0 Å². The lowest BCUT2D eigenvalue weighted by atomic mass is 9.98. The maximum absolute atomic E-state index is 13.0. The number of rotatable bonds is 5. The van der Waals surface area contributed by atoms with Crippen molar-refractivity contribution in [3.8, 4) is 0 Å². The molecule has 0 radical (unpaired) electrons. The number of aryl methyl sites for hydroxylation is 1. The van der Waals surface area contributed by atoms with Gasteiger partial charge < -0.3 is 9.88 Å². The Morgan fingerprint density at radius 3 is 2.75 bits per heavy atom. The molecule has 1 N–H and O–H groups in total. The summed E-state index contributed by atoms with van der Waals surface area (Å²) in [6.07, 6.45) is 1.19. The average Bonchev–Trinajstić information content (AvgIpc) is 3.03. The summed E-state index contributed by atoms with van der Waals surface area (Å²) in [6, 6.07) is 10.0. The van der Waals surface area contributed by atoms with E-state index >= 15 is 0 Å². The number of halogens is 2. The van der Waals surface area contributed by atoms with Gasteiger partial charge in [-0.15, -0.1) is 0 Å². The van der Waals surface area contributed by atoms with Gasteiger partial charge in [0.25, 0.3) is 0 Å². The Morgan fingerprint density at radius 2 is 2.00 bits per heavy atom. The Balaban J connectivity index is 1.46. The number of aromatic nitrogens is 1. The topological polar surface area (TPSA) is 88.5 Å². The van der Waals surface area contributed by atoms with Crippen LogP contribution in [-0.4, -0.2) is 36.3 Å². The van der Waals surface area contributed by atoms with E-state index in [0.717, 1.165) is 21.6 Å². The highest BCUT2D eigenvalue weighted by molar-refractivity contribution is 7.88. The van der Waals surface area contributed by atoms with Crippen molar-refractivity contribution in [2.45, 2.75) is 18.6 Å². The summed E-state index contributed by atoms with van der Waals surface area (Å²) < 4.78 is 29.6. The number of carbonyl (C=O) groups excluding carboxylic acids is 1. The quantitative estimate of drug-likeness (QED) is 0.556. The second-order valence-electron chi connectivity index (χ2n) is 7.79. The molecule has 1 aliphatic heterocycles. The number of hydrogen-bond acceptors (Lipinski definition) is 5. The van der Waals surface area contributed by atoms with Crippen molar-refractivity contribution in [1.82, 2.24) is 8.87 Å². The summed E-state index contributed by atoms with van der Waals surface area (Å²) in [5.74, 6) is -0.956. The molecule has 0 unspecified atom stereocenters. The van der Waals surface area contributed by atoms with E-state index in [1.165, 1.54) is 10.4 Å². The van der Waals surface area contributed by atoms with E-state index in [0.29, 0.717) is 40.7 Å². The fraction of sp³-hybridized carbons (Fsp3) is 0.333. The van der Waals surface area contributed by atoms with Gasteiger partial charge in [0.1, 0.15) is 0 Å². The molecule has 1 aromatic heterocycles. The third kappa shape index (κ3) is 4.87. The van der Waals surface area contributed by atoms with Gasteiger partial charge in [0.15, 0.2) is 0 Å². The average molecular weight is 514 g/mol. The zero-order valence-electron chi connectivity index (χ0n) is 17.2. The van der Waals surface area contributed by atoms with Crippen LogP contribution < -0.4 is 10.2 Å². The highest BCUT2D eigenvalue weighted by Gasteiger charge is 2.32. The molecule has 170 valence electrons. The number of nitrogens with one attached hydrogen (secondary N) is 1. The predicted molar refractivity (Wildman–Crippen MR) is 129 cm³/mol. The number of hydrogen-bond donors (Lipinski definition) is 1. The van der Waals surface area contributed by atoms with Crippen molar-refractivity contribution in [1.29, 1.82) is 0 Å². The van der Waals surface area contributed by atoms with E-state index < -0.39 is 15.9 Å². The minimum absolute atomic E-state index is 0.0719. The lowest BCUT2D eigenvalue weighted by Gasteiger charge is -2.31. The van der Waals surface area contributed by atoms with Crippen molar-refractivity contribution in [3.63, 3.8) is 0 Å². The first-order chi connectivity index (χ1) is 15.1. The second kappa shape index (κ2) is 9.15. The highest BCUT2D eigenvalue weighted by Crippen LogP contribution is 2.27. The standard InChI is InChI=1S/C21H21Cl2N3O4S2/c1-25-18-7-6-16(10-19(18)31-21(25)28)24-20(27)13-3-2-8-26(11-13)32(29,30)12-14-4-5-15(22)9-17(14)23/h4-7,9-10,13H,2-3,8,11-12H2,1H3,(H,24,27)/t13-/m0/s1. The Bertz CT molecular complexity index is 1350. The zero-order chi connectivity index (χ0) is 23.0. The van der Waals surface area contributed by atoms with Crippen LogP contribution in [-0.2, 0) is 27.6 Å². The van der Waals surface area contributed by atoms with Crippen LogP contribution in [0, 0.1) is 5.92 Å². The van der Waals surface area contributed by atoms with Crippen LogP contribution in [0.1, 0.15) is 18.4 Å². The molecule has 1 amide bonds. The van der Waals surface area contributed by atoms with Crippen molar-refractivity contribution in [2.24, 2.45) is 13.0 Å². The fourth-order valence-electron chi connectivity index (χ4n) is 3.79. The molecule has 0 saturated carbocycles. The van der Waals surface area contributed by atoms with Gasteiger partial charge in [0, 0.05) is 35.9 Å². The van der Waals surface area contributed by atoms with Gasteiger partial charge >= 0.3 is 4.87 Å². The number of nitrogens with zero attached hydrogens (tertiary/aromatic N) is 2. The molecule has 0 bridgehead atoms. The van der Waals surface area contributed by atoms with Crippen LogP contribution in [0.4, 0.5) is 5.69 Å². The Morgan fingerprint density at radius 1 is 1.22 bits per heavy atom. The first-order valence-corrected chi connectivity index (χ1v) is 13.1. The number of fused-ring (bicyclic) bond motifs is 1. The molecule has 3 aromatic rings. The molecule has 1 fully saturated rings. The number of anilines is 1. The van der Waals surface area contributed by atoms with Gasteiger partial charge in [-0.2, -0.15) is 0 Å². The molecule has 11 heteroatoms. The molecule has 1 aliphatic rings. The lowest BCUT2D eigenvalue weighted by Crippen LogP contribution is -2.44. The van der Waals surface area contributed by atoms with Crippen molar-refractivity contribution < 1.29 is 13.2 Å². The van der Waals surface area contributed by atoms with Crippen LogP contribution >= 0.6 is 34.5 Å². The minimum atomic E-state index is -3.65. The number of amides is 1. The maximum Gasteiger partial charge on any atom is 0.307 e. The molecule has 1 saturated heterocycles.